The molecule has 0 bridgehead atoms. The van der Waals surface area contributed by atoms with Crippen LogP contribution >= 0.6 is 27.3 Å². The van der Waals surface area contributed by atoms with E-state index in [0.29, 0.717) is 11.6 Å². The summed E-state index contributed by atoms with van der Waals surface area (Å²) in [5.74, 6) is -0.0485. The number of carbonyl (C=O) groups excluding carboxylic acids is 2. The van der Waals surface area contributed by atoms with Crippen molar-refractivity contribution in [2.24, 2.45) is 0 Å². The van der Waals surface area contributed by atoms with Crippen molar-refractivity contribution in [1.29, 1.82) is 0 Å². The number of ether oxygens (including phenoxy) is 2. The summed E-state index contributed by atoms with van der Waals surface area (Å²) >= 11 is 4.82. The molecule has 0 fully saturated rings. The SMILES string of the molecule is CC(C)(C)OC(=O)Nc1cccc(C(=O)OCc2nnc(-c3ccc(Br)s3)o2)c1. The van der Waals surface area contributed by atoms with Gasteiger partial charge in [-0.05, 0) is 67.0 Å². The number of hydrogen-bond acceptors (Lipinski definition) is 8. The molecular formula is C19H18BrN3O5S. The van der Waals surface area contributed by atoms with E-state index < -0.39 is 17.7 Å². The van der Waals surface area contributed by atoms with Crippen molar-refractivity contribution in [3.8, 4) is 10.8 Å². The molecule has 2 heterocycles. The van der Waals surface area contributed by atoms with Crippen LogP contribution in [0.3, 0.4) is 0 Å². The van der Waals surface area contributed by atoms with Crippen LogP contribution < -0.4 is 5.32 Å². The Morgan fingerprint density at radius 2 is 2.00 bits per heavy atom. The Morgan fingerprint density at radius 3 is 2.69 bits per heavy atom. The lowest BCUT2D eigenvalue weighted by atomic mass is 10.2. The highest BCUT2D eigenvalue weighted by Crippen LogP contribution is 2.30. The molecule has 0 radical (unpaired) electrons. The monoisotopic (exact) mass is 479 g/mol. The molecule has 0 aliphatic rings. The van der Waals surface area contributed by atoms with Crippen molar-refractivity contribution in [2.45, 2.75) is 33.0 Å². The number of benzene rings is 1. The first kappa shape index (κ1) is 21.0. The Balaban J connectivity index is 1.58. The molecule has 0 aliphatic heterocycles. The molecule has 10 heteroatoms. The summed E-state index contributed by atoms with van der Waals surface area (Å²) in [5, 5.41) is 10.4. The first-order valence-corrected chi connectivity index (χ1v) is 10.2. The highest BCUT2D eigenvalue weighted by molar-refractivity contribution is 9.11. The third-order valence-electron chi connectivity index (χ3n) is 3.32. The van der Waals surface area contributed by atoms with Gasteiger partial charge < -0.3 is 13.9 Å². The maximum absolute atomic E-state index is 12.3. The number of aromatic nitrogens is 2. The van der Waals surface area contributed by atoms with E-state index in [1.54, 1.807) is 39.0 Å². The van der Waals surface area contributed by atoms with Gasteiger partial charge >= 0.3 is 12.1 Å². The van der Waals surface area contributed by atoms with Gasteiger partial charge in [-0.1, -0.05) is 6.07 Å². The number of carbonyl (C=O) groups is 2. The molecule has 3 aromatic rings. The van der Waals surface area contributed by atoms with E-state index in [-0.39, 0.29) is 18.1 Å². The summed E-state index contributed by atoms with van der Waals surface area (Å²) < 4.78 is 16.9. The molecule has 0 saturated heterocycles. The molecule has 1 aromatic carbocycles. The minimum absolute atomic E-state index is 0.165. The highest BCUT2D eigenvalue weighted by atomic mass is 79.9. The fraction of sp³-hybridized carbons (Fsp3) is 0.263. The zero-order valence-electron chi connectivity index (χ0n) is 15.9. The average molecular weight is 480 g/mol. The van der Waals surface area contributed by atoms with Crippen LogP contribution in [-0.4, -0.2) is 27.9 Å². The molecule has 0 aliphatic carbocycles. The van der Waals surface area contributed by atoms with Gasteiger partial charge in [-0.2, -0.15) is 0 Å². The van der Waals surface area contributed by atoms with Crippen LogP contribution in [0.1, 0.15) is 37.0 Å². The van der Waals surface area contributed by atoms with Crippen LogP contribution in [0.2, 0.25) is 0 Å². The fourth-order valence-corrected chi connectivity index (χ4v) is 3.50. The van der Waals surface area contributed by atoms with Gasteiger partial charge in [0.05, 0.1) is 14.2 Å². The first-order valence-electron chi connectivity index (χ1n) is 8.55. The van der Waals surface area contributed by atoms with E-state index in [0.717, 1.165) is 8.66 Å². The number of esters is 1. The number of amides is 1. The molecule has 1 N–H and O–H groups in total. The summed E-state index contributed by atoms with van der Waals surface area (Å²) in [5.41, 5.74) is 0.0560. The minimum Gasteiger partial charge on any atom is -0.452 e. The van der Waals surface area contributed by atoms with E-state index in [1.165, 1.54) is 17.4 Å². The van der Waals surface area contributed by atoms with Crippen molar-refractivity contribution >= 4 is 45.0 Å². The highest BCUT2D eigenvalue weighted by Gasteiger charge is 2.17. The van der Waals surface area contributed by atoms with Crippen LogP contribution in [0.25, 0.3) is 10.8 Å². The molecule has 29 heavy (non-hydrogen) atoms. The van der Waals surface area contributed by atoms with Crippen molar-refractivity contribution in [3.05, 3.63) is 51.6 Å². The van der Waals surface area contributed by atoms with Gasteiger partial charge in [-0.3, -0.25) is 5.32 Å². The normalized spacial score (nSPS) is 11.2. The van der Waals surface area contributed by atoms with Gasteiger partial charge in [0.1, 0.15) is 5.60 Å². The third-order valence-corrected chi connectivity index (χ3v) is 4.93. The Hall–Kier alpha value is -2.72. The number of nitrogens with zero attached hydrogens (tertiary/aromatic N) is 2. The molecule has 0 spiro atoms. The molecule has 3 rings (SSSR count). The molecule has 8 nitrogen and oxygen atoms in total. The lowest BCUT2D eigenvalue weighted by molar-refractivity contribution is 0.0438. The zero-order chi connectivity index (χ0) is 21.0. The summed E-state index contributed by atoms with van der Waals surface area (Å²) in [6.07, 6.45) is -0.610. The minimum atomic E-state index is -0.622. The predicted molar refractivity (Wildman–Crippen MR) is 111 cm³/mol. The lowest BCUT2D eigenvalue weighted by Crippen LogP contribution is -2.27. The smallest absolute Gasteiger partial charge is 0.412 e. The summed E-state index contributed by atoms with van der Waals surface area (Å²) in [6, 6.07) is 10.1. The molecule has 1 amide bonds. The molecule has 0 saturated carbocycles. The second-order valence-corrected chi connectivity index (χ2v) is 9.35. The van der Waals surface area contributed by atoms with Gasteiger partial charge in [-0.15, -0.1) is 21.5 Å². The van der Waals surface area contributed by atoms with Gasteiger partial charge in [0.15, 0.2) is 6.61 Å². The van der Waals surface area contributed by atoms with E-state index >= 15 is 0 Å². The summed E-state index contributed by atoms with van der Waals surface area (Å²) in [4.78, 5) is 25.0. The summed E-state index contributed by atoms with van der Waals surface area (Å²) in [7, 11) is 0. The molecule has 2 aromatic heterocycles. The van der Waals surface area contributed by atoms with Crippen LogP contribution in [-0.2, 0) is 16.1 Å². The van der Waals surface area contributed by atoms with E-state index in [4.69, 9.17) is 13.9 Å². The van der Waals surface area contributed by atoms with Crippen LogP contribution in [0.5, 0.6) is 0 Å². The van der Waals surface area contributed by atoms with Crippen LogP contribution in [0.15, 0.2) is 44.6 Å². The topological polar surface area (TPSA) is 104 Å². The van der Waals surface area contributed by atoms with Crippen molar-refractivity contribution in [3.63, 3.8) is 0 Å². The van der Waals surface area contributed by atoms with E-state index in [2.05, 4.69) is 31.4 Å². The summed E-state index contributed by atoms with van der Waals surface area (Å²) in [6.45, 7) is 5.13. The average Bonchev–Trinajstić information content (AvgIpc) is 3.27. The Bertz CT molecular complexity index is 1020. The van der Waals surface area contributed by atoms with Gasteiger partial charge in [0.2, 0.25) is 0 Å². The quantitative estimate of drug-likeness (QED) is 0.497. The first-order chi connectivity index (χ1) is 13.7. The largest absolute Gasteiger partial charge is 0.452 e. The van der Waals surface area contributed by atoms with Gasteiger partial charge in [-0.25, -0.2) is 9.59 Å². The predicted octanol–water partition coefficient (Wildman–Crippen LogP) is 5.26. The van der Waals surface area contributed by atoms with E-state index in [1.807, 2.05) is 12.1 Å². The van der Waals surface area contributed by atoms with Gasteiger partial charge in [0, 0.05) is 5.69 Å². The molecular weight excluding hydrogens is 462 g/mol. The maximum Gasteiger partial charge on any atom is 0.412 e. The van der Waals surface area contributed by atoms with Crippen molar-refractivity contribution in [2.75, 3.05) is 5.32 Å². The van der Waals surface area contributed by atoms with Crippen molar-refractivity contribution < 1.29 is 23.5 Å². The number of anilines is 1. The number of nitrogens with one attached hydrogen (secondary N) is 1. The maximum atomic E-state index is 12.3. The van der Waals surface area contributed by atoms with E-state index in [9.17, 15) is 9.59 Å². The standard InChI is InChI=1S/C19H18BrN3O5S/c1-19(2,3)28-18(25)21-12-6-4-5-11(9-12)17(24)26-10-15-22-23-16(27-15)13-7-8-14(20)29-13/h4-9H,10H2,1-3H3,(H,21,25). The number of halogens is 1. The second-order valence-electron chi connectivity index (χ2n) is 6.89. The number of thiophene rings is 1. The fourth-order valence-electron chi connectivity index (χ4n) is 2.20. The third kappa shape index (κ3) is 6.13. The lowest BCUT2D eigenvalue weighted by Gasteiger charge is -2.19. The molecule has 152 valence electrons. The van der Waals surface area contributed by atoms with Crippen LogP contribution in [0, 0.1) is 0 Å². The Kier molecular flexibility index (Phi) is 6.33. The van der Waals surface area contributed by atoms with Gasteiger partial charge in [0.25, 0.3) is 11.8 Å². The second kappa shape index (κ2) is 8.75. The molecule has 0 atom stereocenters. The van der Waals surface area contributed by atoms with Crippen LogP contribution in [0.4, 0.5) is 10.5 Å². The Labute approximate surface area is 179 Å². The number of hydrogen-bond donors (Lipinski definition) is 1. The molecule has 0 unspecified atom stereocenters. The number of rotatable bonds is 5. The zero-order valence-corrected chi connectivity index (χ0v) is 18.3. The van der Waals surface area contributed by atoms with Crippen molar-refractivity contribution in [1.82, 2.24) is 10.2 Å². The Morgan fingerprint density at radius 1 is 1.21 bits per heavy atom.